The average molecular weight is 342 g/mol. The van der Waals surface area contributed by atoms with E-state index in [1.54, 1.807) is 4.90 Å². The van der Waals surface area contributed by atoms with Gasteiger partial charge >= 0.3 is 0 Å². The van der Waals surface area contributed by atoms with Crippen LogP contribution in [0.2, 0.25) is 0 Å². The number of carbonyl (C=O) groups is 1. The quantitative estimate of drug-likeness (QED) is 0.718. The van der Waals surface area contributed by atoms with Crippen molar-refractivity contribution in [3.63, 3.8) is 0 Å². The van der Waals surface area contributed by atoms with Crippen LogP contribution in [0.3, 0.4) is 0 Å². The van der Waals surface area contributed by atoms with E-state index in [1.807, 2.05) is 60.7 Å². The van der Waals surface area contributed by atoms with E-state index in [1.165, 1.54) is 23.1 Å². The van der Waals surface area contributed by atoms with Crippen molar-refractivity contribution >= 4 is 45.5 Å². The van der Waals surface area contributed by atoms with E-state index >= 15 is 0 Å². The van der Waals surface area contributed by atoms with E-state index in [0.29, 0.717) is 9.47 Å². The zero-order chi connectivity index (χ0) is 16.1. The molecule has 116 valence electrons. The third-order valence-corrected chi connectivity index (χ3v) is 4.89. The van der Waals surface area contributed by atoms with Gasteiger partial charge in [0.2, 0.25) is 11.0 Å². The molecule has 0 atom stereocenters. The van der Waals surface area contributed by atoms with Crippen molar-refractivity contribution in [2.24, 2.45) is 0 Å². The molecule has 5 nitrogen and oxygen atoms in total. The van der Waals surface area contributed by atoms with Crippen molar-refractivity contribution in [1.82, 2.24) is 10.2 Å². The first-order valence-corrected chi connectivity index (χ1v) is 8.69. The van der Waals surface area contributed by atoms with E-state index in [9.17, 15) is 4.79 Å². The smallest absolute Gasteiger partial charge is 0.241 e. The fraction of sp³-hybridized carbons (Fsp3) is 0.0625. The molecule has 2 aromatic carbocycles. The molecule has 1 amide bonds. The number of thioether (sulfide) groups is 1. The lowest BCUT2D eigenvalue weighted by atomic mass is 10.2. The number of aromatic nitrogens is 2. The Hall–Kier alpha value is -2.38. The lowest BCUT2D eigenvalue weighted by molar-refractivity contribution is -0.115. The number of anilines is 3. The summed E-state index contributed by atoms with van der Waals surface area (Å²) in [4.78, 5) is 14.5. The Morgan fingerprint density at radius 1 is 1.00 bits per heavy atom. The van der Waals surface area contributed by atoms with Crippen molar-refractivity contribution in [2.75, 3.05) is 16.4 Å². The van der Waals surface area contributed by atoms with Crippen LogP contribution in [0.15, 0.2) is 65.0 Å². The number of amides is 1. The first-order chi connectivity index (χ1) is 11.2. The van der Waals surface area contributed by atoms with Gasteiger partial charge in [0.15, 0.2) is 4.34 Å². The summed E-state index contributed by atoms with van der Waals surface area (Å²) in [6.07, 6.45) is 0. The number of nitrogens with zero attached hydrogens (tertiary/aromatic N) is 3. The van der Waals surface area contributed by atoms with Crippen molar-refractivity contribution < 1.29 is 4.79 Å². The summed E-state index contributed by atoms with van der Waals surface area (Å²) in [5.41, 5.74) is 7.23. The minimum atomic E-state index is -0.0267. The highest BCUT2D eigenvalue weighted by atomic mass is 32.2. The van der Waals surface area contributed by atoms with Gasteiger partial charge < -0.3 is 5.73 Å². The molecule has 0 unspecified atom stereocenters. The minimum absolute atomic E-state index is 0.0267. The van der Waals surface area contributed by atoms with E-state index in [4.69, 9.17) is 5.73 Å². The van der Waals surface area contributed by atoms with Crippen LogP contribution in [0.1, 0.15) is 0 Å². The Morgan fingerprint density at radius 3 is 2.04 bits per heavy atom. The van der Waals surface area contributed by atoms with Gasteiger partial charge in [0, 0.05) is 11.4 Å². The molecule has 1 aromatic heterocycles. The van der Waals surface area contributed by atoms with Crippen LogP contribution in [0.25, 0.3) is 0 Å². The monoisotopic (exact) mass is 342 g/mol. The Balaban J connectivity index is 1.82. The standard InChI is InChI=1S/C16H14N4OS2/c17-15-18-19-16(23-15)22-11-14(21)20(12-7-3-1-4-8-12)13-9-5-2-6-10-13/h1-10H,11H2,(H2,17,18). The molecule has 0 fully saturated rings. The van der Waals surface area contributed by atoms with Crippen LogP contribution in [0.4, 0.5) is 16.5 Å². The number of nitrogen functional groups attached to an aromatic ring is 1. The van der Waals surface area contributed by atoms with Crippen LogP contribution >= 0.6 is 23.1 Å². The van der Waals surface area contributed by atoms with Gasteiger partial charge in [-0.15, -0.1) is 10.2 Å². The maximum absolute atomic E-state index is 12.8. The number of nitrogens with two attached hydrogens (primary N) is 1. The zero-order valence-electron chi connectivity index (χ0n) is 12.1. The van der Waals surface area contributed by atoms with Crippen LogP contribution in [-0.4, -0.2) is 21.9 Å². The second kappa shape index (κ2) is 7.26. The highest BCUT2D eigenvalue weighted by Crippen LogP contribution is 2.28. The number of rotatable bonds is 5. The summed E-state index contributed by atoms with van der Waals surface area (Å²) in [5.74, 6) is 0.236. The largest absolute Gasteiger partial charge is 0.374 e. The Kier molecular flexibility index (Phi) is 4.89. The summed E-state index contributed by atoms with van der Waals surface area (Å²) >= 11 is 2.62. The van der Waals surface area contributed by atoms with E-state index < -0.39 is 0 Å². The number of benzene rings is 2. The van der Waals surface area contributed by atoms with Gasteiger partial charge in [-0.05, 0) is 24.3 Å². The molecule has 1 heterocycles. The van der Waals surface area contributed by atoms with Crippen molar-refractivity contribution in [3.05, 3.63) is 60.7 Å². The van der Waals surface area contributed by atoms with Crippen molar-refractivity contribution in [2.45, 2.75) is 4.34 Å². The maximum Gasteiger partial charge on any atom is 0.241 e. The molecule has 0 aliphatic carbocycles. The first kappa shape index (κ1) is 15.5. The molecule has 3 rings (SSSR count). The lowest BCUT2D eigenvalue weighted by Crippen LogP contribution is -2.27. The third-order valence-electron chi connectivity index (χ3n) is 3.02. The predicted molar refractivity (Wildman–Crippen MR) is 95.1 cm³/mol. The third kappa shape index (κ3) is 3.88. The highest BCUT2D eigenvalue weighted by Gasteiger charge is 2.18. The topological polar surface area (TPSA) is 72.1 Å². The van der Waals surface area contributed by atoms with Gasteiger partial charge in [0.05, 0.1) is 5.75 Å². The Labute approximate surface area is 142 Å². The molecular weight excluding hydrogens is 328 g/mol. The number of carbonyl (C=O) groups excluding carboxylic acids is 1. The van der Waals surface area contributed by atoms with Gasteiger partial charge in [-0.2, -0.15) is 0 Å². The fourth-order valence-electron chi connectivity index (χ4n) is 2.06. The molecule has 2 N–H and O–H groups in total. The summed E-state index contributed by atoms with van der Waals surface area (Å²) in [7, 11) is 0. The number of hydrogen-bond donors (Lipinski definition) is 1. The van der Waals surface area contributed by atoms with Crippen LogP contribution in [0.5, 0.6) is 0 Å². The summed E-state index contributed by atoms with van der Waals surface area (Å²) in [6, 6.07) is 19.2. The molecule has 0 saturated carbocycles. The summed E-state index contributed by atoms with van der Waals surface area (Å²) < 4.78 is 0.692. The molecule has 0 aliphatic rings. The van der Waals surface area contributed by atoms with Gasteiger partial charge in [-0.25, -0.2) is 0 Å². The lowest BCUT2D eigenvalue weighted by Gasteiger charge is -2.22. The minimum Gasteiger partial charge on any atom is -0.374 e. The van der Waals surface area contributed by atoms with Gasteiger partial charge in [-0.1, -0.05) is 59.5 Å². The van der Waals surface area contributed by atoms with E-state index in [2.05, 4.69) is 10.2 Å². The van der Waals surface area contributed by atoms with E-state index in [0.717, 1.165) is 11.4 Å². The Bertz CT molecular complexity index is 738. The molecule has 0 radical (unpaired) electrons. The normalized spacial score (nSPS) is 10.4. The molecule has 0 bridgehead atoms. The van der Waals surface area contributed by atoms with E-state index in [-0.39, 0.29) is 11.7 Å². The molecule has 3 aromatic rings. The van der Waals surface area contributed by atoms with Crippen LogP contribution < -0.4 is 10.6 Å². The van der Waals surface area contributed by atoms with Crippen LogP contribution in [-0.2, 0) is 4.79 Å². The number of hydrogen-bond acceptors (Lipinski definition) is 6. The summed E-state index contributed by atoms with van der Waals surface area (Å²) in [5, 5.41) is 8.09. The molecular formula is C16H14N4OS2. The predicted octanol–water partition coefficient (Wildman–Crippen LogP) is 3.58. The molecule has 0 spiro atoms. The Morgan fingerprint density at radius 2 is 1.57 bits per heavy atom. The SMILES string of the molecule is Nc1nnc(SCC(=O)N(c2ccccc2)c2ccccc2)s1. The summed E-state index contributed by atoms with van der Waals surface area (Å²) in [6.45, 7) is 0. The number of para-hydroxylation sites is 2. The van der Waals surface area contributed by atoms with Gasteiger partial charge in [0.1, 0.15) is 0 Å². The second-order valence-electron chi connectivity index (χ2n) is 4.60. The van der Waals surface area contributed by atoms with Gasteiger partial charge in [-0.3, -0.25) is 9.69 Å². The maximum atomic E-state index is 12.8. The molecule has 23 heavy (non-hydrogen) atoms. The van der Waals surface area contributed by atoms with Gasteiger partial charge in [0.25, 0.3) is 0 Å². The second-order valence-corrected chi connectivity index (χ2v) is 6.83. The molecule has 0 aliphatic heterocycles. The molecule has 0 saturated heterocycles. The van der Waals surface area contributed by atoms with Crippen molar-refractivity contribution in [1.29, 1.82) is 0 Å². The van der Waals surface area contributed by atoms with Crippen LogP contribution in [0, 0.1) is 0 Å². The zero-order valence-corrected chi connectivity index (χ0v) is 13.8. The molecule has 7 heteroatoms. The fourth-order valence-corrected chi connectivity index (χ4v) is 3.54. The first-order valence-electron chi connectivity index (χ1n) is 6.89. The average Bonchev–Trinajstić information content (AvgIpc) is 3.01. The highest BCUT2D eigenvalue weighted by molar-refractivity contribution is 8.01. The van der Waals surface area contributed by atoms with Crippen molar-refractivity contribution in [3.8, 4) is 0 Å².